The molecule has 0 spiro atoms. The number of esters is 1. The first-order valence-corrected chi connectivity index (χ1v) is 9.14. The highest BCUT2D eigenvalue weighted by atomic mass is 16.5. The van der Waals surface area contributed by atoms with E-state index in [2.05, 4.69) is 10.6 Å². The first-order valence-electron chi connectivity index (χ1n) is 9.14. The number of hydrogen-bond acceptors (Lipinski definition) is 7. The van der Waals surface area contributed by atoms with Gasteiger partial charge in [0.15, 0.2) is 12.4 Å². The normalized spacial score (nSPS) is 10.1. The maximum Gasteiger partial charge on any atom is 0.340 e. The number of carbonyl (C=O) groups excluding carboxylic acids is 3. The van der Waals surface area contributed by atoms with E-state index in [1.54, 1.807) is 42.5 Å². The van der Waals surface area contributed by atoms with Crippen molar-refractivity contribution in [2.45, 2.75) is 0 Å². The molecule has 0 atom stereocenters. The summed E-state index contributed by atoms with van der Waals surface area (Å²) in [5, 5.41) is 5.19. The van der Waals surface area contributed by atoms with Crippen LogP contribution in [-0.4, -0.2) is 38.6 Å². The molecule has 0 saturated heterocycles. The van der Waals surface area contributed by atoms with Crippen molar-refractivity contribution in [3.05, 3.63) is 72.2 Å². The standard InChI is InChI=1S/C22H20N2O7/c1-28-14-9-10-18(29-2)17(12-14)23-20(25)13-31-22(27)15-6-3-4-7-16(15)24-21(26)19-8-5-11-30-19/h3-12H,13H2,1-2H3,(H,23,25)(H,24,26). The minimum atomic E-state index is -0.775. The Balaban J connectivity index is 1.64. The SMILES string of the molecule is COc1ccc(OC)c(NC(=O)COC(=O)c2ccccc2NC(=O)c2ccco2)c1. The van der Waals surface area contributed by atoms with E-state index in [0.717, 1.165) is 0 Å². The molecule has 0 aliphatic rings. The summed E-state index contributed by atoms with van der Waals surface area (Å²) in [6.45, 7) is -0.542. The zero-order valence-electron chi connectivity index (χ0n) is 16.8. The summed E-state index contributed by atoms with van der Waals surface area (Å²) < 4.78 is 20.5. The minimum Gasteiger partial charge on any atom is -0.497 e. The second kappa shape index (κ2) is 9.97. The largest absolute Gasteiger partial charge is 0.497 e. The third kappa shape index (κ3) is 5.41. The highest BCUT2D eigenvalue weighted by Gasteiger charge is 2.18. The van der Waals surface area contributed by atoms with Crippen molar-refractivity contribution in [3.8, 4) is 11.5 Å². The Morgan fingerprint density at radius 2 is 1.71 bits per heavy atom. The Hall–Kier alpha value is -4.27. The molecule has 9 heteroatoms. The van der Waals surface area contributed by atoms with E-state index in [1.807, 2.05) is 0 Å². The van der Waals surface area contributed by atoms with E-state index >= 15 is 0 Å². The van der Waals surface area contributed by atoms with E-state index in [9.17, 15) is 14.4 Å². The van der Waals surface area contributed by atoms with E-state index in [0.29, 0.717) is 17.2 Å². The maximum atomic E-state index is 12.5. The predicted octanol–water partition coefficient (Wildman–Crippen LogP) is 3.34. The molecule has 0 fully saturated rings. The van der Waals surface area contributed by atoms with E-state index in [-0.39, 0.29) is 17.0 Å². The van der Waals surface area contributed by atoms with Crippen molar-refractivity contribution >= 4 is 29.2 Å². The number of anilines is 2. The summed E-state index contributed by atoms with van der Waals surface area (Å²) in [6, 6.07) is 14.2. The van der Waals surface area contributed by atoms with Gasteiger partial charge in [-0.25, -0.2) is 4.79 Å². The lowest BCUT2D eigenvalue weighted by Gasteiger charge is -2.13. The first kappa shape index (κ1) is 21.4. The van der Waals surface area contributed by atoms with Crippen LogP contribution in [0.1, 0.15) is 20.9 Å². The molecule has 3 rings (SSSR count). The Morgan fingerprint density at radius 3 is 2.42 bits per heavy atom. The van der Waals surface area contributed by atoms with Gasteiger partial charge in [-0.1, -0.05) is 12.1 Å². The monoisotopic (exact) mass is 424 g/mol. The Morgan fingerprint density at radius 1 is 0.903 bits per heavy atom. The summed E-state index contributed by atoms with van der Waals surface area (Å²) in [4.78, 5) is 36.9. The lowest BCUT2D eigenvalue weighted by atomic mass is 10.1. The Bertz CT molecular complexity index is 1080. The molecule has 0 radical (unpaired) electrons. The minimum absolute atomic E-state index is 0.0918. The Kier molecular flexibility index (Phi) is 6.89. The van der Waals surface area contributed by atoms with Crippen LogP contribution < -0.4 is 20.1 Å². The van der Waals surface area contributed by atoms with Gasteiger partial charge in [-0.15, -0.1) is 0 Å². The van der Waals surface area contributed by atoms with Gasteiger partial charge >= 0.3 is 5.97 Å². The topological polar surface area (TPSA) is 116 Å². The summed E-state index contributed by atoms with van der Waals surface area (Å²) in [6.07, 6.45) is 1.37. The van der Waals surface area contributed by atoms with Crippen molar-refractivity contribution < 1.29 is 33.0 Å². The Labute approximate surface area is 177 Å². The molecule has 2 N–H and O–H groups in total. The summed E-state index contributed by atoms with van der Waals surface area (Å²) in [5.74, 6) is -0.830. The van der Waals surface area contributed by atoms with Crippen LogP contribution >= 0.6 is 0 Å². The number of ether oxygens (including phenoxy) is 3. The molecule has 2 aromatic carbocycles. The van der Waals surface area contributed by atoms with Gasteiger partial charge < -0.3 is 29.3 Å². The van der Waals surface area contributed by atoms with Crippen molar-refractivity contribution in [2.75, 3.05) is 31.5 Å². The molecule has 0 aliphatic heterocycles. The molecule has 31 heavy (non-hydrogen) atoms. The lowest BCUT2D eigenvalue weighted by Crippen LogP contribution is -2.22. The number of furan rings is 1. The van der Waals surface area contributed by atoms with Gasteiger partial charge in [0.05, 0.1) is 37.4 Å². The number of methoxy groups -OCH3 is 2. The number of rotatable bonds is 8. The van der Waals surface area contributed by atoms with E-state index in [4.69, 9.17) is 18.6 Å². The van der Waals surface area contributed by atoms with Crippen LogP contribution in [0.2, 0.25) is 0 Å². The third-order valence-electron chi connectivity index (χ3n) is 4.16. The second-order valence-electron chi connectivity index (χ2n) is 6.17. The molecule has 1 aromatic heterocycles. The number of amides is 2. The fourth-order valence-electron chi connectivity index (χ4n) is 2.67. The van der Waals surface area contributed by atoms with Gasteiger partial charge in [0.1, 0.15) is 11.5 Å². The van der Waals surface area contributed by atoms with Gasteiger partial charge in [-0.05, 0) is 36.4 Å². The smallest absolute Gasteiger partial charge is 0.340 e. The van der Waals surface area contributed by atoms with Crippen LogP contribution in [0, 0.1) is 0 Å². The summed E-state index contributed by atoms with van der Waals surface area (Å²) in [5.41, 5.74) is 0.687. The highest BCUT2D eigenvalue weighted by Crippen LogP contribution is 2.28. The number of benzene rings is 2. The van der Waals surface area contributed by atoms with Crippen molar-refractivity contribution in [3.63, 3.8) is 0 Å². The molecule has 0 bridgehead atoms. The number of para-hydroxylation sites is 1. The highest BCUT2D eigenvalue weighted by molar-refractivity contribution is 6.07. The third-order valence-corrected chi connectivity index (χ3v) is 4.16. The first-order chi connectivity index (χ1) is 15.0. The van der Waals surface area contributed by atoms with Gasteiger partial charge in [0.2, 0.25) is 0 Å². The van der Waals surface area contributed by atoms with Gasteiger partial charge in [-0.3, -0.25) is 9.59 Å². The maximum absolute atomic E-state index is 12.5. The average molecular weight is 424 g/mol. The van der Waals surface area contributed by atoms with Crippen molar-refractivity contribution in [2.24, 2.45) is 0 Å². The molecule has 3 aromatic rings. The molecular formula is C22H20N2O7. The fourth-order valence-corrected chi connectivity index (χ4v) is 2.67. The van der Waals surface area contributed by atoms with Crippen molar-refractivity contribution in [1.82, 2.24) is 0 Å². The molecule has 9 nitrogen and oxygen atoms in total. The molecule has 0 unspecified atom stereocenters. The van der Waals surface area contributed by atoms with Gasteiger partial charge in [-0.2, -0.15) is 0 Å². The fraction of sp³-hybridized carbons (Fsp3) is 0.136. The molecule has 2 amide bonds. The molecule has 160 valence electrons. The summed E-state index contributed by atoms with van der Waals surface area (Å²) in [7, 11) is 2.96. The van der Waals surface area contributed by atoms with Gasteiger partial charge in [0.25, 0.3) is 11.8 Å². The van der Waals surface area contributed by atoms with Crippen LogP contribution in [0.15, 0.2) is 65.3 Å². The molecular weight excluding hydrogens is 404 g/mol. The zero-order valence-corrected chi connectivity index (χ0v) is 16.8. The second-order valence-corrected chi connectivity index (χ2v) is 6.17. The number of nitrogens with one attached hydrogen (secondary N) is 2. The molecule has 1 heterocycles. The van der Waals surface area contributed by atoms with Crippen LogP contribution in [0.5, 0.6) is 11.5 Å². The summed E-state index contributed by atoms with van der Waals surface area (Å²) >= 11 is 0. The predicted molar refractivity (Wildman–Crippen MR) is 112 cm³/mol. The molecule has 0 aliphatic carbocycles. The lowest BCUT2D eigenvalue weighted by molar-refractivity contribution is -0.119. The zero-order chi connectivity index (χ0) is 22.2. The number of hydrogen-bond donors (Lipinski definition) is 2. The quantitative estimate of drug-likeness (QED) is 0.533. The average Bonchev–Trinajstić information content (AvgIpc) is 3.33. The van der Waals surface area contributed by atoms with Crippen LogP contribution in [0.3, 0.4) is 0 Å². The van der Waals surface area contributed by atoms with E-state index < -0.39 is 24.4 Å². The number of carbonyl (C=O) groups is 3. The van der Waals surface area contributed by atoms with Crippen LogP contribution in [-0.2, 0) is 9.53 Å². The van der Waals surface area contributed by atoms with Crippen LogP contribution in [0.25, 0.3) is 0 Å². The van der Waals surface area contributed by atoms with Crippen LogP contribution in [0.4, 0.5) is 11.4 Å². The van der Waals surface area contributed by atoms with Crippen molar-refractivity contribution in [1.29, 1.82) is 0 Å². The molecule has 0 saturated carbocycles. The van der Waals surface area contributed by atoms with Gasteiger partial charge in [0, 0.05) is 6.07 Å². The van der Waals surface area contributed by atoms with E-state index in [1.165, 1.54) is 32.6 Å².